The molecule has 0 spiro atoms. The van der Waals surface area contributed by atoms with Crippen molar-refractivity contribution < 1.29 is 4.79 Å². The summed E-state index contributed by atoms with van der Waals surface area (Å²) in [7, 11) is 0. The average Bonchev–Trinajstić information content (AvgIpc) is 3.18. The lowest BCUT2D eigenvalue weighted by Crippen LogP contribution is -2.15. The molecule has 2 N–H and O–H groups in total. The Bertz CT molecular complexity index is 1010. The van der Waals surface area contributed by atoms with E-state index >= 15 is 0 Å². The summed E-state index contributed by atoms with van der Waals surface area (Å²) >= 11 is 1.43. The number of anilines is 1. The molecule has 31 heavy (non-hydrogen) atoms. The Morgan fingerprint density at radius 1 is 1.03 bits per heavy atom. The molecule has 8 heteroatoms. The van der Waals surface area contributed by atoms with Gasteiger partial charge in [0, 0.05) is 18.7 Å². The van der Waals surface area contributed by atoms with E-state index in [0.717, 1.165) is 58.9 Å². The van der Waals surface area contributed by atoms with Crippen molar-refractivity contribution in [1.29, 1.82) is 0 Å². The number of aryl methyl sites for hydroxylation is 3. The zero-order valence-electron chi connectivity index (χ0n) is 18.0. The van der Waals surface area contributed by atoms with Gasteiger partial charge in [-0.25, -0.2) is 0 Å². The molecule has 0 aliphatic rings. The maximum Gasteiger partial charge on any atom is 0.230 e. The van der Waals surface area contributed by atoms with Crippen LogP contribution in [0, 0.1) is 6.92 Å². The van der Waals surface area contributed by atoms with E-state index in [2.05, 4.69) is 37.6 Å². The number of hydrogen-bond donors (Lipinski definition) is 2. The largest absolute Gasteiger partial charge is 0.385 e. The van der Waals surface area contributed by atoms with Gasteiger partial charge in [0.25, 0.3) is 0 Å². The van der Waals surface area contributed by atoms with Crippen LogP contribution in [0.25, 0.3) is 0 Å². The summed E-state index contributed by atoms with van der Waals surface area (Å²) in [5, 5.41) is 24.1. The van der Waals surface area contributed by atoms with Crippen LogP contribution in [0.5, 0.6) is 0 Å². The van der Waals surface area contributed by atoms with E-state index in [4.69, 9.17) is 0 Å². The fourth-order valence-electron chi connectivity index (χ4n) is 3.00. The van der Waals surface area contributed by atoms with E-state index in [-0.39, 0.29) is 5.91 Å². The minimum atomic E-state index is -0.0920. The molecule has 0 aliphatic heterocycles. The number of carbonyl (C=O) groups excluding carboxylic acids is 1. The Kier molecular flexibility index (Phi) is 8.23. The Labute approximate surface area is 187 Å². The van der Waals surface area contributed by atoms with Crippen molar-refractivity contribution in [1.82, 2.24) is 25.7 Å². The summed E-state index contributed by atoms with van der Waals surface area (Å²) in [5.74, 6) is -0.0920. The molecule has 1 aromatic carbocycles. The second-order valence-electron chi connectivity index (χ2n) is 7.55. The molecular weight excluding hydrogens is 408 g/mol. The van der Waals surface area contributed by atoms with Crippen molar-refractivity contribution in [2.75, 3.05) is 5.32 Å². The molecule has 3 rings (SSSR count). The molecule has 0 fully saturated rings. The molecular formula is C23H28N6OS. The third-order valence-corrected chi connectivity index (χ3v) is 5.49. The number of benzene rings is 1. The van der Waals surface area contributed by atoms with E-state index < -0.39 is 0 Å². The summed E-state index contributed by atoms with van der Waals surface area (Å²) in [6.45, 7) is 8.39. The number of unbranched alkanes of at least 4 members (excludes halogenated alkanes) is 1. The first-order chi connectivity index (χ1) is 15.0. The molecule has 1 amide bonds. The fourth-order valence-corrected chi connectivity index (χ4v) is 3.80. The van der Waals surface area contributed by atoms with Gasteiger partial charge < -0.3 is 10.6 Å². The Morgan fingerprint density at radius 2 is 1.84 bits per heavy atom. The summed E-state index contributed by atoms with van der Waals surface area (Å²) in [6, 6.07) is 12.0. The number of hydrogen-bond acceptors (Lipinski definition) is 7. The lowest BCUT2D eigenvalue weighted by Gasteiger charge is -2.07. The van der Waals surface area contributed by atoms with Crippen LogP contribution in [-0.2, 0) is 30.6 Å². The molecule has 0 aliphatic carbocycles. The predicted molar refractivity (Wildman–Crippen MR) is 124 cm³/mol. The van der Waals surface area contributed by atoms with Crippen molar-refractivity contribution >= 4 is 22.4 Å². The van der Waals surface area contributed by atoms with E-state index in [1.807, 2.05) is 50.2 Å². The van der Waals surface area contributed by atoms with Crippen molar-refractivity contribution in [3.05, 3.63) is 76.2 Å². The fraction of sp³-hybridized carbons (Fsp3) is 0.348. The molecule has 7 nitrogen and oxygen atoms in total. The highest BCUT2D eigenvalue weighted by Gasteiger charge is 2.10. The monoisotopic (exact) mass is 436 g/mol. The molecule has 2 heterocycles. The number of nitrogens with one attached hydrogen (secondary N) is 2. The first kappa shape index (κ1) is 22.6. The molecule has 162 valence electrons. The highest BCUT2D eigenvalue weighted by Crippen LogP contribution is 2.18. The van der Waals surface area contributed by atoms with Gasteiger partial charge in [-0.15, -0.1) is 10.2 Å². The van der Waals surface area contributed by atoms with Crippen LogP contribution in [0.1, 0.15) is 47.3 Å². The third kappa shape index (κ3) is 7.90. The van der Waals surface area contributed by atoms with Crippen LogP contribution in [-0.4, -0.2) is 26.3 Å². The van der Waals surface area contributed by atoms with Gasteiger partial charge in [-0.3, -0.25) is 4.79 Å². The minimum Gasteiger partial charge on any atom is -0.385 e. The maximum absolute atomic E-state index is 12.4. The zero-order valence-corrected chi connectivity index (χ0v) is 18.8. The third-order valence-electron chi connectivity index (χ3n) is 4.59. The van der Waals surface area contributed by atoms with Gasteiger partial charge in [-0.05, 0) is 56.4 Å². The summed E-state index contributed by atoms with van der Waals surface area (Å²) < 4.78 is 0. The number of nitrogens with zero attached hydrogens (tertiary/aromatic N) is 4. The topological polar surface area (TPSA) is 92.7 Å². The number of allylic oxidation sites excluding steroid dienone is 1. The number of carbonyl (C=O) groups is 1. The molecule has 0 atom stereocenters. The molecule has 0 radical (unpaired) electrons. The maximum atomic E-state index is 12.4. The molecule has 0 bridgehead atoms. The zero-order chi connectivity index (χ0) is 22.1. The Balaban J connectivity index is 1.41. The summed E-state index contributed by atoms with van der Waals surface area (Å²) in [6.07, 6.45) is 4.04. The van der Waals surface area contributed by atoms with Crippen LogP contribution < -0.4 is 10.6 Å². The van der Waals surface area contributed by atoms with E-state index in [9.17, 15) is 4.79 Å². The molecule has 0 saturated carbocycles. The molecule has 3 aromatic rings. The Hall–Kier alpha value is -3.13. The van der Waals surface area contributed by atoms with E-state index in [1.165, 1.54) is 11.3 Å². The first-order valence-electron chi connectivity index (χ1n) is 10.4. The van der Waals surface area contributed by atoms with Crippen molar-refractivity contribution in [2.24, 2.45) is 0 Å². The summed E-state index contributed by atoms with van der Waals surface area (Å²) in [5.41, 5.74) is 4.93. The van der Waals surface area contributed by atoms with Gasteiger partial charge in [-0.1, -0.05) is 42.2 Å². The molecule has 0 saturated heterocycles. The van der Waals surface area contributed by atoms with Gasteiger partial charge in [0.2, 0.25) is 11.0 Å². The highest BCUT2D eigenvalue weighted by molar-refractivity contribution is 7.15. The minimum absolute atomic E-state index is 0.0920. The van der Waals surface area contributed by atoms with Crippen LogP contribution in [0.4, 0.5) is 5.13 Å². The standard InChI is InChI=1S/C23H28N6OS/c1-16(2)24-15-19-8-6-7-18(13-19)14-21(30)25-23-29-28-22(31-23)10-5-4-9-20-12-11-17(3)26-27-20/h6-8,11-13,24H,1,4-5,9-10,14-15H2,2-3H3,(H,25,29,30). The van der Waals surface area contributed by atoms with Gasteiger partial charge >= 0.3 is 0 Å². The quantitative estimate of drug-likeness (QED) is 0.441. The highest BCUT2D eigenvalue weighted by atomic mass is 32.1. The van der Waals surface area contributed by atoms with Crippen molar-refractivity contribution in [3.8, 4) is 0 Å². The summed E-state index contributed by atoms with van der Waals surface area (Å²) in [4.78, 5) is 12.4. The van der Waals surface area contributed by atoms with Crippen LogP contribution >= 0.6 is 11.3 Å². The molecule has 0 unspecified atom stereocenters. The van der Waals surface area contributed by atoms with Gasteiger partial charge in [0.1, 0.15) is 5.01 Å². The van der Waals surface area contributed by atoms with Gasteiger partial charge in [0.05, 0.1) is 17.8 Å². The average molecular weight is 437 g/mol. The Morgan fingerprint density at radius 3 is 2.61 bits per heavy atom. The lowest BCUT2D eigenvalue weighted by atomic mass is 10.1. The SMILES string of the molecule is C=C(C)NCc1cccc(CC(=O)Nc2nnc(CCCCc3ccc(C)nn3)s2)c1. The number of aromatic nitrogens is 4. The van der Waals surface area contributed by atoms with Crippen LogP contribution in [0.2, 0.25) is 0 Å². The lowest BCUT2D eigenvalue weighted by molar-refractivity contribution is -0.115. The second-order valence-corrected chi connectivity index (χ2v) is 8.61. The van der Waals surface area contributed by atoms with Gasteiger partial charge in [0.15, 0.2) is 0 Å². The van der Waals surface area contributed by atoms with Crippen LogP contribution in [0.15, 0.2) is 48.7 Å². The van der Waals surface area contributed by atoms with Gasteiger partial charge in [-0.2, -0.15) is 10.2 Å². The normalized spacial score (nSPS) is 10.6. The second kappa shape index (κ2) is 11.3. The van der Waals surface area contributed by atoms with E-state index in [1.54, 1.807) is 0 Å². The van der Waals surface area contributed by atoms with E-state index in [0.29, 0.717) is 18.1 Å². The smallest absolute Gasteiger partial charge is 0.230 e. The van der Waals surface area contributed by atoms with Crippen LogP contribution in [0.3, 0.4) is 0 Å². The van der Waals surface area contributed by atoms with Crippen molar-refractivity contribution in [3.63, 3.8) is 0 Å². The number of amides is 1. The van der Waals surface area contributed by atoms with Crippen molar-refractivity contribution in [2.45, 2.75) is 52.5 Å². The first-order valence-corrected chi connectivity index (χ1v) is 11.2. The predicted octanol–water partition coefficient (Wildman–Crippen LogP) is 4.01. The number of rotatable bonds is 11. The molecule has 2 aromatic heterocycles.